The number of aliphatic hydroxyl groups is 1. The number of benzene rings is 1. The molecule has 0 unspecified atom stereocenters. The fourth-order valence-electron chi connectivity index (χ4n) is 1.78. The number of anilines is 1. The van der Waals surface area contributed by atoms with Crippen molar-refractivity contribution >= 4 is 11.6 Å². The van der Waals surface area contributed by atoms with Crippen molar-refractivity contribution in [3.05, 3.63) is 59.9 Å². The first-order valence-corrected chi connectivity index (χ1v) is 6.16. The second-order valence-corrected chi connectivity index (χ2v) is 4.25. The van der Waals surface area contributed by atoms with Crippen LogP contribution in [0, 0.1) is 0 Å². The molecule has 0 aliphatic rings. The fourth-order valence-corrected chi connectivity index (χ4v) is 1.78. The lowest BCUT2D eigenvalue weighted by molar-refractivity contribution is -0.115. The maximum Gasteiger partial charge on any atom is 0.228 e. The van der Waals surface area contributed by atoms with E-state index in [1.807, 2.05) is 36.4 Å². The molecule has 0 atom stereocenters. The maximum absolute atomic E-state index is 11.8. The number of hydrogen-bond acceptors (Lipinski definition) is 3. The standard InChI is InChI=1S/C15H16N2O2/c18-10-7-12-1-3-14(4-2-12)17-15(19)11-13-5-8-16-9-6-13/h1-6,8-9,18H,7,10-11H2,(H,17,19). The summed E-state index contributed by atoms with van der Waals surface area (Å²) in [6, 6.07) is 11.1. The Morgan fingerprint density at radius 2 is 1.74 bits per heavy atom. The van der Waals surface area contributed by atoms with Gasteiger partial charge in [-0.1, -0.05) is 12.1 Å². The SMILES string of the molecule is O=C(Cc1ccncc1)Nc1ccc(CCO)cc1. The van der Waals surface area contributed by atoms with Crippen LogP contribution in [-0.2, 0) is 17.6 Å². The Bertz CT molecular complexity index is 524. The van der Waals surface area contributed by atoms with Gasteiger partial charge in [0.2, 0.25) is 5.91 Å². The highest BCUT2D eigenvalue weighted by Gasteiger charge is 2.03. The van der Waals surface area contributed by atoms with E-state index in [1.54, 1.807) is 12.4 Å². The lowest BCUT2D eigenvalue weighted by atomic mass is 10.1. The van der Waals surface area contributed by atoms with Crippen LogP contribution in [0.3, 0.4) is 0 Å². The molecular weight excluding hydrogens is 240 g/mol. The van der Waals surface area contributed by atoms with Crippen LogP contribution in [0.15, 0.2) is 48.8 Å². The molecule has 1 heterocycles. The summed E-state index contributed by atoms with van der Waals surface area (Å²) in [7, 11) is 0. The van der Waals surface area contributed by atoms with E-state index >= 15 is 0 Å². The first kappa shape index (κ1) is 13.2. The third-order valence-corrected chi connectivity index (χ3v) is 2.75. The molecular formula is C15H16N2O2. The number of nitrogens with one attached hydrogen (secondary N) is 1. The molecule has 0 spiro atoms. The molecule has 1 aromatic heterocycles. The molecule has 1 aromatic carbocycles. The summed E-state index contributed by atoms with van der Waals surface area (Å²) in [6.45, 7) is 0.133. The van der Waals surface area contributed by atoms with E-state index in [9.17, 15) is 4.79 Å². The van der Waals surface area contributed by atoms with Gasteiger partial charge in [-0.25, -0.2) is 0 Å². The number of amides is 1. The Hall–Kier alpha value is -2.20. The maximum atomic E-state index is 11.8. The molecule has 2 N–H and O–H groups in total. The summed E-state index contributed by atoms with van der Waals surface area (Å²) in [6.07, 6.45) is 4.31. The molecule has 0 bridgehead atoms. The number of carbonyl (C=O) groups excluding carboxylic acids is 1. The van der Waals surface area contributed by atoms with Crippen LogP contribution in [0.2, 0.25) is 0 Å². The highest BCUT2D eigenvalue weighted by molar-refractivity contribution is 5.92. The molecule has 4 nitrogen and oxygen atoms in total. The molecule has 0 saturated heterocycles. The van der Waals surface area contributed by atoms with Crippen LogP contribution in [0.4, 0.5) is 5.69 Å². The van der Waals surface area contributed by atoms with Crippen LogP contribution < -0.4 is 5.32 Å². The van der Waals surface area contributed by atoms with Crippen molar-refractivity contribution in [3.63, 3.8) is 0 Å². The first-order valence-electron chi connectivity index (χ1n) is 6.16. The van der Waals surface area contributed by atoms with Gasteiger partial charge in [-0.05, 0) is 41.8 Å². The van der Waals surface area contributed by atoms with E-state index in [4.69, 9.17) is 5.11 Å². The molecule has 0 saturated carbocycles. The van der Waals surface area contributed by atoms with Gasteiger partial charge in [0, 0.05) is 24.7 Å². The minimum atomic E-state index is -0.0545. The molecule has 19 heavy (non-hydrogen) atoms. The van der Waals surface area contributed by atoms with Gasteiger partial charge in [0.05, 0.1) is 6.42 Å². The molecule has 1 amide bonds. The topological polar surface area (TPSA) is 62.2 Å². The normalized spacial score (nSPS) is 10.2. The van der Waals surface area contributed by atoms with Crippen molar-refractivity contribution in [2.45, 2.75) is 12.8 Å². The zero-order valence-electron chi connectivity index (χ0n) is 10.5. The van der Waals surface area contributed by atoms with Crippen LogP contribution in [0.1, 0.15) is 11.1 Å². The molecule has 0 aliphatic carbocycles. The van der Waals surface area contributed by atoms with Crippen LogP contribution >= 0.6 is 0 Å². The summed E-state index contributed by atoms with van der Waals surface area (Å²) < 4.78 is 0. The number of pyridine rings is 1. The number of hydrogen-bond donors (Lipinski definition) is 2. The van der Waals surface area contributed by atoms with Crippen molar-refractivity contribution in [1.29, 1.82) is 0 Å². The Morgan fingerprint density at radius 1 is 1.05 bits per heavy atom. The van der Waals surface area contributed by atoms with Crippen LogP contribution in [-0.4, -0.2) is 22.6 Å². The van der Waals surface area contributed by atoms with Crippen LogP contribution in [0.25, 0.3) is 0 Å². The van der Waals surface area contributed by atoms with E-state index in [2.05, 4.69) is 10.3 Å². The van der Waals surface area contributed by atoms with Gasteiger partial charge in [-0.15, -0.1) is 0 Å². The van der Waals surface area contributed by atoms with E-state index in [0.29, 0.717) is 12.8 Å². The third-order valence-electron chi connectivity index (χ3n) is 2.75. The van der Waals surface area contributed by atoms with E-state index < -0.39 is 0 Å². The molecule has 0 fully saturated rings. The van der Waals surface area contributed by atoms with Crippen molar-refractivity contribution in [3.8, 4) is 0 Å². The second kappa shape index (κ2) is 6.66. The molecule has 4 heteroatoms. The van der Waals surface area contributed by atoms with E-state index in [1.165, 1.54) is 0 Å². The van der Waals surface area contributed by atoms with Gasteiger partial charge in [0.25, 0.3) is 0 Å². The number of rotatable bonds is 5. The first-order chi connectivity index (χ1) is 9.28. The smallest absolute Gasteiger partial charge is 0.228 e. The quantitative estimate of drug-likeness (QED) is 0.857. The molecule has 0 radical (unpaired) electrons. The fraction of sp³-hybridized carbons (Fsp3) is 0.200. The van der Waals surface area contributed by atoms with Crippen LogP contribution in [0.5, 0.6) is 0 Å². The Kier molecular flexibility index (Phi) is 4.64. The second-order valence-electron chi connectivity index (χ2n) is 4.25. The highest BCUT2D eigenvalue weighted by atomic mass is 16.2. The zero-order valence-corrected chi connectivity index (χ0v) is 10.5. The van der Waals surface area contributed by atoms with E-state index in [0.717, 1.165) is 16.8 Å². The summed E-state index contributed by atoms with van der Waals surface area (Å²) in [5.74, 6) is -0.0545. The predicted molar refractivity (Wildman–Crippen MR) is 73.8 cm³/mol. The minimum absolute atomic E-state index is 0.0545. The lowest BCUT2D eigenvalue weighted by Gasteiger charge is -2.06. The van der Waals surface area contributed by atoms with Crippen molar-refractivity contribution < 1.29 is 9.90 Å². The number of aromatic nitrogens is 1. The summed E-state index contributed by atoms with van der Waals surface area (Å²) in [5, 5.41) is 11.7. The number of aliphatic hydroxyl groups excluding tert-OH is 1. The average Bonchev–Trinajstić information content (AvgIpc) is 2.42. The molecule has 2 rings (SSSR count). The number of carbonyl (C=O) groups is 1. The molecule has 2 aromatic rings. The van der Waals surface area contributed by atoms with Gasteiger partial charge in [0.15, 0.2) is 0 Å². The van der Waals surface area contributed by atoms with Crippen molar-refractivity contribution in [2.75, 3.05) is 11.9 Å². The zero-order chi connectivity index (χ0) is 13.5. The average molecular weight is 256 g/mol. The predicted octanol–water partition coefficient (Wildman–Crippen LogP) is 1.80. The lowest BCUT2D eigenvalue weighted by Crippen LogP contribution is -2.14. The van der Waals surface area contributed by atoms with Gasteiger partial charge in [-0.2, -0.15) is 0 Å². The monoisotopic (exact) mass is 256 g/mol. The van der Waals surface area contributed by atoms with Gasteiger partial charge in [-0.3, -0.25) is 9.78 Å². The number of nitrogens with zero attached hydrogens (tertiary/aromatic N) is 1. The molecule has 98 valence electrons. The van der Waals surface area contributed by atoms with Crippen molar-refractivity contribution in [2.24, 2.45) is 0 Å². The summed E-state index contributed by atoms with van der Waals surface area (Å²) in [5.41, 5.74) is 2.75. The Morgan fingerprint density at radius 3 is 2.37 bits per heavy atom. The highest BCUT2D eigenvalue weighted by Crippen LogP contribution is 2.10. The van der Waals surface area contributed by atoms with E-state index in [-0.39, 0.29) is 12.5 Å². The van der Waals surface area contributed by atoms with Gasteiger partial charge in [0.1, 0.15) is 0 Å². The summed E-state index contributed by atoms with van der Waals surface area (Å²) in [4.78, 5) is 15.7. The molecule has 0 aliphatic heterocycles. The third kappa shape index (κ3) is 4.19. The largest absolute Gasteiger partial charge is 0.396 e. The van der Waals surface area contributed by atoms with Gasteiger partial charge >= 0.3 is 0 Å². The summed E-state index contributed by atoms with van der Waals surface area (Å²) >= 11 is 0. The van der Waals surface area contributed by atoms with Crippen molar-refractivity contribution in [1.82, 2.24) is 4.98 Å². The Labute approximate surface area is 112 Å². The van der Waals surface area contributed by atoms with Gasteiger partial charge < -0.3 is 10.4 Å². The Balaban J connectivity index is 1.91. The minimum Gasteiger partial charge on any atom is -0.396 e.